The molecule has 1 aliphatic heterocycles. The number of aliphatic imine (C=N–C) groups is 1. The Hall–Kier alpha value is -1.52. The summed E-state index contributed by atoms with van der Waals surface area (Å²) in [6, 6.07) is 0.741. The van der Waals surface area contributed by atoms with Gasteiger partial charge in [-0.3, -0.25) is 0 Å². The predicted molar refractivity (Wildman–Crippen MR) is 43.5 cm³/mol. The molecule has 1 aromatic rings. The van der Waals surface area contributed by atoms with Crippen LogP contribution in [0.3, 0.4) is 0 Å². The van der Waals surface area contributed by atoms with E-state index in [-0.39, 0.29) is 12.2 Å². The van der Waals surface area contributed by atoms with E-state index in [0.29, 0.717) is 6.07 Å². The zero-order valence-electron chi connectivity index (χ0n) is 7.01. The van der Waals surface area contributed by atoms with Gasteiger partial charge in [0.15, 0.2) is 18.0 Å². The summed E-state index contributed by atoms with van der Waals surface area (Å²) in [5, 5.41) is 0. The van der Waals surface area contributed by atoms with Gasteiger partial charge in [-0.2, -0.15) is 0 Å². The van der Waals surface area contributed by atoms with Crippen LogP contribution in [0.15, 0.2) is 17.1 Å². The number of hydrogen-bond donors (Lipinski definition) is 0. The van der Waals surface area contributed by atoms with Crippen molar-refractivity contribution in [2.75, 3.05) is 6.61 Å². The molecule has 0 N–H and O–H groups in total. The third-order valence-electron chi connectivity index (χ3n) is 1.97. The van der Waals surface area contributed by atoms with Crippen LogP contribution in [0.2, 0.25) is 0 Å². The van der Waals surface area contributed by atoms with Crippen molar-refractivity contribution >= 4 is 6.40 Å². The quantitative estimate of drug-likeness (QED) is 0.638. The highest BCUT2D eigenvalue weighted by atomic mass is 19.2. The lowest BCUT2D eigenvalue weighted by molar-refractivity contribution is 0.326. The maximum absolute atomic E-state index is 13.1. The third-order valence-corrected chi connectivity index (χ3v) is 1.97. The van der Waals surface area contributed by atoms with Crippen molar-refractivity contribution in [1.29, 1.82) is 0 Å². The molecule has 0 bridgehead atoms. The Bertz CT molecular complexity index is 392. The number of benzene rings is 1. The average Bonchev–Trinajstić information content (AvgIpc) is 2.64. The van der Waals surface area contributed by atoms with Gasteiger partial charge in [0.05, 0.1) is 0 Å². The molecular formula is C9H6F3NO. The molecule has 14 heavy (non-hydrogen) atoms. The van der Waals surface area contributed by atoms with Crippen LogP contribution < -0.4 is 0 Å². The lowest BCUT2D eigenvalue weighted by Crippen LogP contribution is -2.02. The Morgan fingerprint density at radius 3 is 2.50 bits per heavy atom. The van der Waals surface area contributed by atoms with Crippen molar-refractivity contribution in [3.8, 4) is 0 Å². The molecule has 0 spiro atoms. The van der Waals surface area contributed by atoms with E-state index < -0.39 is 23.5 Å². The normalized spacial score (nSPS) is 19.8. The number of ether oxygens (including phenoxy) is 1. The first-order valence-corrected chi connectivity index (χ1v) is 3.96. The van der Waals surface area contributed by atoms with Gasteiger partial charge in [-0.05, 0) is 6.07 Å². The smallest absolute Gasteiger partial charge is 0.170 e. The minimum Gasteiger partial charge on any atom is -0.481 e. The van der Waals surface area contributed by atoms with Gasteiger partial charge in [0.2, 0.25) is 0 Å². The van der Waals surface area contributed by atoms with Crippen molar-refractivity contribution in [3.63, 3.8) is 0 Å². The second kappa shape index (κ2) is 3.32. The van der Waals surface area contributed by atoms with E-state index >= 15 is 0 Å². The van der Waals surface area contributed by atoms with Crippen molar-refractivity contribution in [2.45, 2.75) is 6.04 Å². The van der Waals surface area contributed by atoms with Crippen LogP contribution in [0, 0.1) is 17.5 Å². The van der Waals surface area contributed by atoms with Gasteiger partial charge < -0.3 is 4.74 Å². The van der Waals surface area contributed by atoms with Crippen LogP contribution in [-0.4, -0.2) is 13.0 Å². The summed E-state index contributed by atoms with van der Waals surface area (Å²) in [4.78, 5) is 3.76. The molecule has 0 amide bonds. The molecule has 0 radical (unpaired) electrons. The molecule has 74 valence electrons. The highest BCUT2D eigenvalue weighted by Crippen LogP contribution is 2.25. The molecule has 1 heterocycles. The van der Waals surface area contributed by atoms with Gasteiger partial charge >= 0.3 is 0 Å². The highest BCUT2D eigenvalue weighted by molar-refractivity contribution is 5.50. The summed E-state index contributed by atoms with van der Waals surface area (Å²) < 4.78 is 43.2. The maximum atomic E-state index is 13.1. The van der Waals surface area contributed by atoms with E-state index in [4.69, 9.17) is 4.74 Å². The minimum atomic E-state index is -1.20. The Morgan fingerprint density at radius 2 is 1.86 bits per heavy atom. The van der Waals surface area contributed by atoms with Crippen molar-refractivity contribution in [2.24, 2.45) is 4.99 Å². The van der Waals surface area contributed by atoms with E-state index in [1.807, 2.05) is 0 Å². The maximum Gasteiger partial charge on any atom is 0.170 e. The molecule has 5 heteroatoms. The van der Waals surface area contributed by atoms with Crippen molar-refractivity contribution in [1.82, 2.24) is 0 Å². The Balaban J connectivity index is 2.42. The average molecular weight is 201 g/mol. The van der Waals surface area contributed by atoms with E-state index in [0.717, 1.165) is 6.07 Å². The summed E-state index contributed by atoms with van der Waals surface area (Å²) in [5.74, 6) is -3.09. The fraction of sp³-hybridized carbons (Fsp3) is 0.222. The number of rotatable bonds is 1. The molecule has 0 fully saturated rings. The fourth-order valence-electron chi connectivity index (χ4n) is 1.26. The Morgan fingerprint density at radius 1 is 1.14 bits per heavy atom. The zero-order chi connectivity index (χ0) is 10.1. The number of hydrogen-bond acceptors (Lipinski definition) is 2. The molecular weight excluding hydrogens is 195 g/mol. The molecule has 0 saturated heterocycles. The van der Waals surface area contributed by atoms with Crippen LogP contribution in [0.25, 0.3) is 0 Å². The second-order valence-corrected chi connectivity index (χ2v) is 2.89. The van der Waals surface area contributed by atoms with Crippen LogP contribution in [0.4, 0.5) is 13.2 Å². The SMILES string of the molecule is Fc1cc(F)c(C2COC=N2)cc1F. The summed E-state index contributed by atoms with van der Waals surface area (Å²) in [5.41, 5.74) is 0.0117. The lowest BCUT2D eigenvalue weighted by atomic mass is 10.1. The van der Waals surface area contributed by atoms with Crippen molar-refractivity contribution in [3.05, 3.63) is 35.1 Å². The first-order chi connectivity index (χ1) is 6.68. The molecule has 1 aromatic carbocycles. The number of halogens is 3. The van der Waals surface area contributed by atoms with Crippen LogP contribution in [0.1, 0.15) is 11.6 Å². The minimum absolute atomic E-state index is 0.0117. The third kappa shape index (κ3) is 1.45. The molecule has 2 rings (SSSR count). The van der Waals surface area contributed by atoms with Crippen LogP contribution in [0.5, 0.6) is 0 Å². The highest BCUT2D eigenvalue weighted by Gasteiger charge is 2.20. The van der Waals surface area contributed by atoms with Gasteiger partial charge in [0.1, 0.15) is 18.5 Å². The zero-order valence-corrected chi connectivity index (χ0v) is 7.01. The largest absolute Gasteiger partial charge is 0.481 e. The molecule has 1 aliphatic rings. The topological polar surface area (TPSA) is 21.6 Å². The molecule has 2 nitrogen and oxygen atoms in total. The van der Waals surface area contributed by atoms with E-state index in [2.05, 4.69) is 4.99 Å². The summed E-state index contributed by atoms with van der Waals surface area (Å²) in [6.07, 6.45) is 1.17. The van der Waals surface area contributed by atoms with Gasteiger partial charge in [-0.25, -0.2) is 18.2 Å². The van der Waals surface area contributed by atoms with Crippen LogP contribution >= 0.6 is 0 Å². The lowest BCUT2D eigenvalue weighted by Gasteiger charge is -2.07. The summed E-state index contributed by atoms with van der Waals surface area (Å²) >= 11 is 0. The number of nitrogens with zero attached hydrogens (tertiary/aromatic N) is 1. The van der Waals surface area contributed by atoms with Gasteiger partial charge in [-0.15, -0.1) is 0 Å². The molecule has 0 aliphatic carbocycles. The molecule has 1 atom stereocenters. The van der Waals surface area contributed by atoms with E-state index in [9.17, 15) is 13.2 Å². The summed E-state index contributed by atoms with van der Waals surface area (Å²) in [7, 11) is 0. The van der Waals surface area contributed by atoms with E-state index in [1.165, 1.54) is 6.40 Å². The monoisotopic (exact) mass is 201 g/mol. The van der Waals surface area contributed by atoms with E-state index in [1.54, 1.807) is 0 Å². The molecule has 0 saturated carbocycles. The molecule has 1 unspecified atom stereocenters. The molecule has 0 aromatic heterocycles. The van der Waals surface area contributed by atoms with Gasteiger partial charge in [0, 0.05) is 11.6 Å². The predicted octanol–water partition coefficient (Wildman–Crippen LogP) is 2.20. The Labute approximate surface area is 78.0 Å². The van der Waals surface area contributed by atoms with Gasteiger partial charge in [-0.1, -0.05) is 0 Å². The first kappa shape index (κ1) is 9.05. The van der Waals surface area contributed by atoms with Crippen molar-refractivity contribution < 1.29 is 17.9 Å². The Kier molecular flexibility index (Phi) is 2.15. The van der Waals surface area contributed by atoms with Crippen LogP contribution in [-0.2, 0) is 4.74 Å². The van der Waals surface area contributed by atoms with Gasteiger partial charge in [0.25, 0.3) is 0 Å². The fourth-order valence-corrected chi connectivity index (χ4v) is 1.26. The summed E-state index contributed by atoms with van der Waals surface area (Å²) in [6.45, 7) is 0.155. The first-order valence-electron chi connectivity index (χ1n) is 3.96. The standard InChI is InChI=1S/C9H6F3NO/c10-6-2-8(12)7(11)1-5(6)9-3-14-4-13-9/h1-2,4,9H,3H2. The second-order valence-electron chi connectivity index (χ2n) is 2.89.